The van der Waals surface area contributed by atoms with Crippen molar-refractivity contribution >= 4 is 16.9 Å². The summed E-state index contributed by atoms with van der Waals surface area (Å²) in [5.74, 6) is 3.71. The van der Waals surface area contributed by atoms with E-state index >= 15 is 0 Å². The van der Waals surface area contributed by atoms with Crippen LogP contribution in [0.3, 0.4) is 0 Å². The van der Waals surface area contributed by atoms with Crippen LogP contribution in [0.2, 0.25) is 0 Å². The molecule has 100 valence electrons. The minimum Gasteiger partial charge on any atom is -0.369 e. The summed E-state index contributed by atoms with van der Waals surface area (Å²) < 4.78 is 1.79. The summed E-state index contributed by atoms with van der Waals surface area (Å²) in [5, 5.41) is 8.79. The van der Waals surface area contributed by atoms with Crippen molar-refractivity contribution in [2.24, 2.45) is 24.8 Å². The fraction of sp³-hybridized carbons (Fsp3) is 0.643. The van der Waals surface area contributed by atoms with Crippen LogP contribution in [0, 0.1) is 17.8 Å². The van der Waals surface area contributed by atoms with E-state index in [1.54, 1.807) is 11.0 Å². The SMILES string of the molecule is Cn1ncc2c(NCC3CC4CCC3C4)ncnc21. The van der Waals surface area contributed by atoms with E-state index in [1.165, 1.54) is 25.7 Å². The van der Waals surface area contributed by atoms with Crippen molar-refractivity contribution in [2.45, 2.75) is 25.7 Å². The Bertz CT molecular complexity index is 605. The largest absolute Gasteiger partial charge is 0.369 e. The van der Waals surface area contributed by atoms with Gasteiger partial charge in [0.15, 0.2) is 5.65 Å². The van der Waals surface area contributed by atoms with Crippen LogP contribution in [0.15, 0.2) is 12.5 Å². The molecule has 2 aliphatic rings. The molecule has 2 heterocycles. The zero-order chi connectivity index (χ0) is 12.8. The second kappa shape index (κ2) is 4.18. The standard InChI is InChI=1S/C14H19N5/c1-19-14-12(7-18-19)13(16-8-17-14)15-6-11-5-9-2-3-10(11)4-9/h7-11H,2-6H2,1H3,(H,15,16,17). The lowest BCUT2D eigenvalue weighted by Crippen LogP contribution is -2.20. The van der Waals surface area contributed by atoms with Crippen molar-refractivity contribution in [1.82, 2.24) is 19.7 Å². The molecule has 0 saturated heterocycles. The van der Waals surface area contributed by atoms with Crippen molar-refractivity contribution in [2.75, 3.05) is 11.9 Å². The van der Waals surface area contributed by atoms with E-state index in [9.17, 15) is 0 Å². The number of anilines is 1. The molecule has 0 aliphatic heterocycles. The minimum atomic E-state index is 0.834. The summed E-state index contributed by atoms with van der Waals surface area (Å²) >= 11 is 0. The lowest BCUT2D eigenvalue weighted by molar-refractivity contribution is 0.348. The van der Waals surface area contributed by atoms with Gasteiger partial charge in [0.05, 0.1) is 11.6 Å². The van der Waals surface area contributed by atoms with Crippen LogP contribution in [0.5, 0.6) is 0 Å². The Kier molecular flexibility index (Phi) is 2.47. The quantitative estimate of drug-likeness (QED) is 0.916. The highest BCUT2D eigenvalue weighted by atomic mass is 15.3. The van der Waals surface area contributed by atoms with E-state index in [0.717, 1.165) is 41.1 Å². The van der Waals surface area contributed by atoms with Gasteiger partial charge < -0.3 is 5.32 Å². The molecule has 4 rings (SSSR count). The second-order valence-electron chi connectivity index (χ2n) is 6.04. The van der Waals surface area contributed by atoms with Gasteiger partial charge in [0, 0.05) is 13.6 Å². The second-order valence-corrected chi connectivity index (χ2v) is 6.04. The minimum absolute atomic E-state index is 0.834. The lowest BCUT2D eigenvalue weighted by Gasteiger charge is -2.22. The Labute approximate surface area is 112 Å². The van der Waals surface area contributed by atoms with Crippen LogP contribution in [-0.2, 0) is 7.05 Å². The van der Waals surface area contributed by atoms with Crippen molar-refractivity contribution in [3.05, 3.63) is 12.5 Å². The normalized spacial score (nSPS) is 29.2. The summed E-state index contributed by atoms with van der Waals surface area (Å²) in [6.45, 7) is 1.04. The molecule has 1 N–H and O–H groups in total. The smallest absolute Gasteiger partial charge is 0.163 e. The molecule has 0 aromatic carbocycles. The van der Waals surface area contributed by atoms with Crippen LogP contribution in [-0.4, -0.2) is 26.3 Å². The molecule has 2 aliphatic carbocycles. The number of aromatic nitrogens is 4. The van der Waals surface area contributed by atoms with Gasteiger partial charge in [-0.2, -0.15) is 5.10 Å². The number of fused-ring (bicyclic) bond motifs is 3. The zero-order valence-corrected chi connectivity index (χ0v) is 11.2. The van der Waals surface area contributed by atoms with Crippen LogP contribution in [0.25, 0.3) is 11.0 Å². The van der Waals surface area contributed by atoms with Gasteiger partial charge >= 0.3 is 0 Å². The monoisotopic (exact) mass is 257 g/mol. The number of hydrogen-bond acceptors (Lipinski definition) is 4. The third kappa shape index (κ3) is 1.79. The topological polar surface area (TPSA) is 55.6 Å². The first kappa shape index (κ1) is 11.2. The van der Waals surface area contributed by atoms with Gasteiger partial charge in [-0.15, -0.1) is 0 Å². The first-order valence-electron chi connectivity index (χ1n) is 7.18. The third-order valence-electron chi connectivity index (χ3n) is 4.95. The lowest BCUT2D eigenvalue weighted by atomic mass is 9.89. The van der Waals surface area contributed by atoms with E-state index in [2.05, 4.69) is 20.4 Å². The Hall–Kier alpha value is -1.65. The van der Waals surface area contributed by atoms with Crippen LogP contribution < -0.4 is 5.32 Å². The number of nitrogens with one attached hydrogen (secondary N) is 1. The van der Waals surface area contributed by atoms with Crippen molar-refractivity contribution in [1.29, 1.82) is 0 Å². The molecule has 3 unspecified atom stereocenters. The van der Waals surface area contributed by atoms with E-state index in [0.29, 0.717) is 0 Å². The molecule has 19 heavy (non-hydrogen) atoms. The van der Waals surface area contributed by atoms with Crippen LogP contribution >= 0.6 is 0 Å². The third-order valence-corrected chi connectivity index (χ3v) is 4.95. The summed E-state index contributed by atoms with van der Waals surface area (Å²) in [7, 11) is 1.91. The number of nitrogens with zero attached hydrogens (tertiary/aromatic N) is 4. The summed E-state index contributed by atoms with van der Waals surface area (Å²) in [6, 6.07) is 0. The number of aryl methyl sites for hydroxylation is 1. The maximum absolute atomic E-state index is 4.37. The molecule has 5 nitrogen and oxygen atoms in total. The van der Waals surface area contributed by atoms with Gasteiger partial charge in [0.2, 0.25) is 0 Å². The highest BCUT2D eigenvalue weighted by Crippen LogP contribution is 2.48. The van der Waals surface area contributed by atoms with Gasteiger partial charge in [0.1, 0.15) is 12.1 Å². The van der Waals surface area contributed by atoms with Crippen molar-refractivity contribution in [3.63, 3.8) is 0 Å². The summed E-state index contributed by atoms with van der Waals surface area (Å²) in [4.78, 5) is 8.64. The Balaban J connectivity index is 1.52. The van der Waals surface area contributed by atoms with E-state index in [-0.39, 0.29) is 0 Å². The predicted octanol–water partition coefficient (Wildman–Crippen LogP) is 2.21. The average molecular weight is 257 g/mol. The highest BCUT2D eigenvalue weighted by molar-refractivity contribution is 5.85. The maximum atomic E-state index is 4.37. The molecular formula is C14H19N5. The molecule has 2 saturated carbocycles. The maximum Gasteiger partial charge on any atom is 0.163 e. The number of hydrogen-bond donors (Lipinski definition) is 1. The first-order valence-corrected chi connectivity index (χ1v) is 7.18. The molecule has 0 radical (unpaired) electrons. The van der Waals surface area contributed by atoms with Crippen molar-refractivity contribution in [3.8, 4) is 0 Å². The fourth-order valence-electron chi connectivity index (χ4n) is 3.96. The summed E-state index contributed by atoms with van der Waals surface area (Å²) in [5.41, 5.74) is 0.894. The van der Waals surface area contributed by atoms with Gasteiger partial charge in [-0.25, -0.2) is 9.97 Å². The molecule has 2 fully saturated rings. The summed E-state index contributed by atoms with van der Waals surface area (Å²) in [6.07, 6.45) is 9.22. The average Bonchev–Trinajstić information content (AvgIpc) is 3.12. The fourth-order valence-corrected chi connectivity index (χ4v) is 3.96. The molecule has 0 spiro atoms. The molecule has 0 amide bonds. The van der Waals surface area contributed by atoms with Crippen molar-refractivity contribution < 1.29 is 0 Å². The number of rotatable bonds is 3. The van der Waals surface area contributed by atoms with Crippen LogP contribution in [0.4, 0.5) is 5.82 Å². The molecule has 3 atom stereocenters. The van der Waals surface area contributed by atoms with E-state index < -0.39 is 0 Å². The Morgan fingerprint density at radius 1 is 1.32 bits per heavy atom. The predicted molar refractivity (Wildman–Crippen MR) is 73.7 cm³/mol. The van der Waals surface area contributed by atoms with E-state index in [4.69, 9.17) is 0 Å². The Morgan fingerprint density at radius 2 is 2.26 bits per heavy atom. The highest BCUT2D eigenvalue weighted by Gasteiger charge is 2.39. The van der Waals surface area contributed by atoms with Gasteiger partial charge in [0.25, 0.3) is 0 Å². The molecule has 2 bridgehead atoms. The van der Waals surface area contributed by atoms with Crippen LogP contribution in [0.1, 0.15) is 25.7 Å². The Morgan fingerprint density at radius 3 is 3.05 bits per heavy atom. The van der Waals surface area contributed by atoms with Gasteiger partial charge in [-0.05, 0) is 37.0 Å². The first-order chi connectivity index (χ1) is 9.31. The zero-order valence-electron chi connectivity index (χ0n) is 11.2. The van der Waals surface area contributed by atoms with Gasteiger partial charge in [-0.1, -0.05) is 6.42 Å². The molecule has 2 aromatic heterocycles. The molecule has 5 heteroatoms. The van der Waals surface area contributed by atoms with E-state index in [1.807, 2.05) is 13.2 Å². The molecular weight excluding hydrogens is 238 g/mol. The van der Waals surface area contributed by atoms with Gasteiger partial charge in [-0.3, -0.25) is 4.68 Å². The molecule has 2 aromatic rings.